The number of rotatable bonds is 2. The molecule has 0 unspecified atom stereocenters. The minimum atomic E-state index is -0.408. The number of nitrogens with zero attached hydrogens (tertiary/aromatic N) is 2. The number of Topliss-reactive ketones (excluding diaryl/α,β-unsaturated/α-hetero) is 1. The van der Waals surface area contributed by atoms with Crippen LogP contribution in [0.4, 0.5) is 5.69 Å². The molecule has 4 nitrogen and oxygen atoms in total. The smallest absolute Gasteiger partial charge is 0.162 e. The summed E-state index contributed by atoms with van der Waals surface area (Å²) in [5.41, 5.74) is 10.1. The molecule has 1 aliphatic carbocycles. The Morgan fingerprint density at radius 1 is 1.28 bits per heavy atom. The molecular weight excluding hydrogens is 402 g/mol. The molecule has 0 saturated heterocycles. The average molecular weight is 424 g/mol. The van der Waals surface area contributed by atoms with Crippen LogP contribution in [-0.4, -0.2) is 5.78 Å². The summed E-state index contributed by atoms with van der Waals surface area (Å²) in [6.45, 7) is 6.12. The summed E-state index contributed by atoms with van der Waals surface area (Å²) in [5.74, 6) is 0.0504. The largest absolute Gasteiger partial charge is 0.384 e. The molecule has 1 aromatic carbocycles. The van der Waals surface area contributed by atoms with Gasteiger partial charge in [0.1, 0.15) is 5.82 Å². The summed E-state index contributed by atoms with van der Waals surface area (Å²) in [5, 5.41) is 12.6. The van der Waals surface area contributed by atoms with Crippen LogP contribution in [0.3, 0.4) is 0 Å². The van der Waals surface area contributed by atoms with E-state index in [1.165, 1.54) is 0 Å². The first-order chi connectivity index (χ1) is 13.7. The summed E-state index contributed by atoms with van der Waals surface area (Å²) in [4.78, 5) is 16.2. The molecule has 2 aliphatic rings. The van der Waals surface area contributed by atoms with Crippen molar-refractivity contribution in [1.82, 2.24) is 0 Å². The van der Waals surface area contributed by atoms with E-state index in [0.29, 0.717) is 34.8 Å². The SMILES string of the molecule is Cc1c(Cl)cccc1N1C(N)=C(C#N)[C@@H](c2cccs2)C2=C1CC(C)(C)CC2=O. The number of nitriles is 1. The number of hydrogen-bond donors (Lipinski definition) is 1. The number of hydrogen-bond acceptors (Lipinski definition) is 5. The van der Waals surface area contributed by atoms with Gasteiger partial charge >= 0.3 is 0 Å². The monoisotopic (exact) mass is 423 g/mol. The predicted molar refractivity (Wildman–Crippen MR) is 118 cm³/mol. The number of nitrogens with two attached hydrogens (primary N) is 1. The summed E-state index contributed by atoms with van der Waals surface area (Å²) < 4.78 is 0. The lowest BCUT2D eigenvalue weighted by Gasteiger charge is -2.44. The second-order valence-electron chi connectivity index (χ2n) is 8.38. The van der Waals surface area contributed by atoms with Gasteiger partial charge < -0.3 is 5.73 Å². The Kier molecular flexibility index (Phi) is 4.80. The number of allylic oxidation sites excluding steroid dienone is 3. The Balaban J connectivity index is 2.03. The first kappa shape index (κ1) is 19.8. The number of ketones is 1. The van der Waals surface area contributed by atoms with E-state index in [4.69, 9.17) is 17.3 Å². The molecule has 2 N–H and O–H groups in total. The van der Waals surface area contributed by atoms with E-state index in [0.717, 1.165) is 21.8 Å². The summed E-state index contributed by atoms with van der Waals surface area (Å²) in [7, 11) is 0. The number of carbonyl (C=O) groups is 1. The van der Waals surface area contributed by atoms with Crippen molar-refractivity contribution in [2.24, 2.45) is 11.1 Å². The van der Waals surface area contributed by atoms with Crippen molar-refractivity contribution in [3.8, 4) is 6.07 Å². The molecule has 1 aromatic heterocycles. The third-order valence-corrected chi connectivity index (χ3v) is 7.04. The van der Waals surface area contributed by atoms with E-state index >= 15 is 0 Å². The minimum Gasteiger partial charge on any atom is -0.384 e. The van der Waals surface area contributed by atoms with Gasteiger partial charge in [-0.05, 0) is 47.9 Å². The van der Waals surface area contributed by atoms with Crippen LogP contribution in [0.2, 0.25) is 5.02 Å². The molecule has 2 heterocycles. The van der Waals surface area contributed by atoms with E-state index in [1.54, 1.807) is 11.3 Å². The van der Waals surface area contributed by atoms with Crippen molar-refractivity contribution >= 4 is 34.4 Å². The van der Waals surface area contributed by atoms with E-state index in [9.17, 15) is 10.1 Å². The van der Waals surface area contributed by atoms with E-state index in [-0.39, 0.29) is 11.2 Å². The molecule has 0 amide bonds. The van der Waals surface area contributed by atoms with Crippen molar-refractivity contribution in [2.45, 2.75) is 39.5 Å². The maximum Gasteiger partial charge on any atom is 0.162 e. The molecule has 2 aromatic rings. The molecule has 29 heavy (non-hydrogen) atoms. The Morgan fingerprint density at radius 3 is 2.69 bits per heavy atom. The highest BCUT2D eigenvalue weighted by molar-refractivity contribution is 7.10. The van der Waals surface area contributed by atoms with Gasteiger partial charge in [-0.1, -0.05) is 37.6 Å². The third kappa shape index (κ3) is 3.17. The second-order valence-corrected chi connectivity index (χ2v) is 9.77. The van der Waals surface area contributed by atoms with Gasteiger partial charge in [-0.15, -0.1) is 11.3 Å². The van der Waals surface area contributed by atoms with Crippen molar-refractivity contribution < 1.29 is 4.79 Å². The minimum absolute atomic E-state index is 0.0829. The molecule has 1 atom stereocenters. The van der Waals surface area contributed by atoms with Crippen LogP contribution in [0.1, 0.15) is 43.0 Å². The summed E-state index contributed by atoms with van der Waals surface area (Å²) in [6, 6.07) is 11.8. The zero-order valence-corrected chi connectivity index (χ0v) is 18.2. The topological polar surface area (TPSA) is 70.1 Å². The molecule has 0 spiro atoms. The van der Waals surface area contributed by atoms with Crippen LogP contribution in [0, 0.1) is 23.7 Å². The Bertz CT molecular complexity index is 1110. The molecule has 1 aliphatic heterocycles. The molecular formula is C23H22ClN3OS. The summed E-state index contributed by atoms with van der Waals surface area (Å²) >= 11 is 7.93. The number of benzene rings is 1. The lowest BCUT2D eigenvalue weighted by Crippen LogP contribution is -2.42. The quantitative estimate of drug-likeness (QED) is 0.677. The lowest BCUT2D eigenvalue weighted by molar-refractivity contribution is -0.118. The first-order valence-electron chi connectivity index (χ1n) is 9.50. The van der Waals surface area contributed by atoms with Crippen LogP contribution in [-0.2, 0) is 4.79 Å². The van der Waals surface area contributed by atoms with E-state index in [1.807, 2.05) is 47.5 Å². The highest BCUT2D eigenvalue weighted by Gasteiger charge is 2.45. The number of thiophene rings is 1. The van der Waals surface area contributed by atoms with E-state index in [2.05, 4.69) is 19.9 Å². The highest BCUT2D eigenvalue weighted by atomic mass is 35.5. The fourth-order valence-electron chi connectivity index (χ4n) is 4.36. The fourth-order valence-corrected chi connectivity index (χ4v) is 5.38. The average Bonchev–Trinajstić information content (AvgIpc) is 3.17. The van der Waals surface area contributed by atoms with Gasteiger partial charge in [-0.3, -0.25) is 9.69 Å². The van der Waals surface area contributed by atoms with Crippen molar-refractivity contribution in [1.29, 1.82) is 5.26 Å². The van der Waals surface area contributed by atoms with Gasteiger partial charge in [0.05, 0.1) is 23.2 Å². The molecule has 0 radical (unpaired) electrons. The molecule has 0 saturated carbocycles. The standard InChI is InChI=1S/C23H22ClN3OS/c1-13-15(24)6-4-7-16(13)27-17-10-23(2,3)11-18(28)21(17)20(14(12-25)22(27)26)19-8-5-9-29-19/h4-9,20H,10-11,26H2,1-3H3/t20-/m0/s1. The first-order valence-corrected chi connectivity index (χ1v) is 10.8. The number of carbonyl (C=O) groups excluding carboxylic acids is 1. The van der Waals surface area contributed by atoms with Crippen molar-refractivity contribution in [3.05, 3.63) is 73.8 Å². The molecule has 148 valence electrons. The molecule has 6 heteroatoms. The highest BCUT2D eigenvalue weighted by Crippen LogP contribution is 2.51. The summed E-state index contributed by atoms with van der Waals surface area (Å²) in [6.07, 6.45) is 1.15. The van der Waals surface area contributed by atoms with Gasteiger partial charge in [0.25, 0.3) is 0 Å². The lowest BCUT2D eigenvalue weighted by atomic mass is 9.69. The number of halogens is 1. The second kappa shape index (κ2) is 7.05. The Hall–Kier alpha value is -2.55. The van der Waals surface area contributed by atoms with Gasteiger partial charge in [0, 0.05) is 27.6 Å². The fraction of sp³-hybridized carbons (Fsp3) is 0.304. The van der Waals surface area contributed by atoms with Crippen molar-refractivity contribution in [2.75, 3.05) is 4.90 Å². The molecule has 0 bridgehead atoms. The number of anilines is 1. The van der Waals surface area contributed by atoms with E-state index < -0.39 is 5.92 Å². The normalized spacial score (nSPS) is 21.3. The Labute approximate surface area is 179 Å². The zero-order chi connectivity index (χ0) is 20.9. The third-order valence-electron chi connectivity index (χ3n) is 5.69. The van der Waals surface area contributed by atoms with Gasteiger partial charge in [0.2, 0.25) is 0 Å². The molecule has 0 fully saturated rings. The maximum atomic E-state index is 13.4. The van der Waals surface area contributed by atoms with Crippen LogP contribution < -0.4 is 10.6 Å². The zero-order valence-electron chi connectivity index (χ0n) is 16.6. The Morgan fingerprint density at radius 2 is 2.03 bits per heavy atom. The predicted octanol–water partition coefficient (Wildman–Crippen LogP) is 5.65. The van der Waals surface area contributed by atoms with Gasteiger partial charge in [0.15, 0.2) is 5.78 Å². The van der Waals surface area contributed by atoms with Crippen LogP contribution in [0.25, 0.3) is 0 Å². The maximum absolute atomic E-state index is 13.4. The van der Waals surface area contributed by atoms with Crippen LogP contribution in [0.5, 0.6) is 0 Å². The van der Waals surface area contributed by atoms with Crippen LogP contribution in [0.15, 0.2) is 58.4 Å². The van der Waals surface area contributed by atoms with Gasteiger partial charge in [-0.2, -0.15) is 5.26 Å². The molecule has 4 rings (SSSR count). The van der Waals surface area contributed by atoms with Crippen molar-refractivity contribution in [3.63, 3.8) is 0 Å². The van der Waals surface area contributed by atoms with Crippen LogP contribution >= 0.6 is 22.9 Å². The van der Waals surface area contributed by atoms with Gasteiger partial charge in [-0.25, -0.2) is 0 Å².